The lowest BCUT2D eigenvalue weighted by Crippen LogP contribution is -2.31. The van der Waals surface area contributed by atoms with Crippen LogP contribution >= 0.6 is 11.8 Å². The van der Waals surface area contributed by atoms with Gasteiger partial charge in [-0.3, -0.25) is 9.59 Å². The first-order valence-electron chi connectivity index (χ1n) is 9.09. The largest absolute Gasteiger partial charge is 0.351 e. The molecule has 0 bridgehead atoms. The van der Waals surface area contributed by atoms with Gasteiger partial charge >= 0.3 is 0 Å². The highest BCUT2D eigenvalue weighted by atomic mass is 32.2. The second kappa shape index (κ2) is 7.90. The van der Waals surface area contributed by atoms with Gasteiger partial charge in [0.05, 0.1) is 11.4 Å². The van der Waals surface area contributed by atoms with Crippen molar-refractivity contribution in [2.24, 2.45) is 7.05 Å². The number of amides is 1. The Bertz CT molecular complexity index is 1030. The molecule has 1 aromatic heterocycles. The number of carbonyl (C=O) groups excluding carboxylic acids is 1. The van der Waals surface area contributed by atoms with E-state index in [4.69, 9.17) is 0 Å². The minimum atomic E-state index is -0.273. The Labute approximate surface area is 167 Å². The molecule has 4 rings (SSSR count). The van der Waals surface area contributed by atoms with Crippen LogP contribution in [0.2, 0.25) is 0 Å². The fraction of sp³-hybridized carbons (Fsp3) is 0.190. The summed E-state index contributed by atoms with van der Waals surface area (Å²) < 4.78 is 1.16. The third-order valence-electron chi connectivity index (χ3n) is 4.57. The van der Waals surface area contributed by atoms with Crippen LogP contribution in [-0.2, 0) is 7.05 Å². The van der Waals surface area contributed by atoms with Crippen molar-refractivity contribution in [3.8, 4) is 0 Å². The van der Waals surface area contributed by atoms with Crippen LogP contribution in [0.5, 0.6) is 0 Å². The lowest BCUT2D eigenvalue weighted by Gasteiger charge is -2.32. The van der Waals surface area contributed by atoms with Crippen molar-refractivity contribution in [1.29, 1.82) is 0 Å². The van der Waals surface area contributed by atoms with E-state index in [0.717, 1.165) is 17.6 Å². The Balaban J connectivity index is 1.42. The summed E-state index contributed by atoms with van der Waals surface area (Å²) in [5, 5.41) is 6.86. The van der Waals surface area contributed by atoms with E-state index in [1.165, 1.54) is 40.3 Å². The number of rotatable bonds is 5. The number of fused-ring (bicyclic) bond motifs is 2. The van der Waals surface area contributed by atoms with Gasteiger partial charge in [-0.1, -0.05) is 36.0 Å². The predicted octanol–water partition coefficient (Wildman–Crippen LogP) is 3.20. The van der Waals surface area contributed by atoms with E-state index < -0.39 is 0 Å². The first-order chi connectivity index (χ1) is 13.6. The average Bonchev–Trinajstić information content (AvgIpc) is 2.72. The molecule has 1 N–H and O–H groups in total. The van der Waals surface area contributed by atoms with E-state index in [-0.39, 0.29) is 17.2 Å². The number of nitrogens with zero attached hydrogens (tertiary/aromatic N) is 3. The van der Waals surface area contributed by atoms with Gasteiger partial charge in [-0.25, -0.2) is 4.68 Å². The Morgan fingerprint density at radius 1 is 1.00 bits per heavy atom. The van der Waals surface area contributed by atoms with Crippen molar-refractivity contribution < 1.29 is 4.79 Å². The summed E-state index contributed by atoms with van der Waals surface area (Å²) in [5.74, 6) is -0.273. The molecule has 0 fully saturated rings. The molecule has 0 saturated carbocycles. The highest BCUT2D eigenvalue weighted by molar-refractivity contribution is 7.99. The van der Waals surface area contributed by atoms with Crippen LogP contribution in [0, 0.1) is 0 Å². The van der Waals surface area contributed by atoms with E-state index in [9.17, 15) is 9.59 Å². The van der Waals surface area contributed by atoms with E-state index in [1.54, 1.807) is 11.8 Å². The van der Waals surface area contributed by atoms with Crippen molar-refractivity contribution in [2.45, 2.75) is 16.2 Å². The molecule has 2 aromatic carbocycles. The summed E-state index contributed by atoms with van der Waals surface area (Å²) in [4.78, 5) is 28.4. The zero-order valence-electron chi connectivity index (χ0n) is 15.5. The smallest absolute Gasteiger partial charge is 0.271 e. The molecule has 0 unspecified atom stereocenters. The van der Waals surface area contributed by atoms with Crippen LogP contribution < -0.4 is 15.8 Å². The maximum absolute atomic E-state index is 12.3. The number of hydrogen-bond donors (Lipinski definition) is 1. The van der Waals surface area contributed by atoms with Crippen molar-refractivity contribution in [2.75, 3.05) is 18.0 Å². The second-order valence-electron chi connectivity index (χ2n) is 6.48. The minimum absolute atomic E-state index is 0.239. The normalized spacial score (nSPS) is 12.2. The van der Waals surface area contributed by atoms with Gasteiger partial charge in [0, 0.05) is 36.0 Å². The van der Waals surface area contributed by atoms with Crippen molar-refractivity contribution >= 4 is 29.0 Å². The fourth-order valence-electron chi connectivity index (χ4n) is 3.18. The van der Waals surface area contributed by atoms with Gasteiger partial charge < -0.3 is 10.2 Å². The van der Waals surface area contributed by atoms with E-state index >= 15 is 0 Å². The zero-order chi connectivity index (χ0) is 19.5. The first kappa shape index (κ1) is 18.3. The molecule has 28 heavy (non-hydrogen) atoms. The Morgan fingerprint density at radius 3 is 2.29 bits per heavy atom. The monoisotopic (exact) mass is 392 g/mol. The van der Waals surface area contributed by atoms with Crippen molar-refractivity contribution in [1.82, 2.24) is 15.1 Å². The highest BCUT2D eigenvalue weighted by Gasteiger charge is 2.22. The number of nitrogens with one attached hydrogen (secondary N) is 1. The van der Waals surface area contributed by atoms with E-state index in [0.29, 0.717) is 6.54 Å². The number of hydrogen-bond acceptors (Lipinski definition) is 5. The van der Waals surface area contributed by atoms with Gasteiger partial charge in [-0.15, -0.1) is 0 Å². The summed E-state index contributed by atoms with van der Waals surface area (Å²) in [6.07, 6.45) is 0.783. The summed E-state index contributed by atoms with van der Waals surface area (Å²) in [6, 6.07) is 19.5. The molecule has 1 aliphatic rings. The van der Waals surface area contributed by atoms with Gasteiger partial charge in [-0.05, 0) is 36.8 Å². The van der Waals surface area contributed by atoms with Crippen LogP contribution in [0.3, 0.4) is 0 Å². The van der Waals surface area contributed by atoms with E-state index in [2.05, 4.69) is 51.7 Å². The molecule has 3 aromatic rings. The average molecular weight is 392 g/mol. The van der Waals surface area contributed by atoms with Crippen molar-refractivity contribution in [3.05, 3.63) is 76.7 Å². The number of carbonyl (C=O) groups is 1. The Hall–Kier alpha value is -3.06. The molecule has 2 heterocycles. The molecule has 6 nitrogen and oxygen atoms in total. The number of aromatic nitrogens is 2. The van der Waals surface area contributed by atoms with Crippen LogP contribution in [0.15, 0.2) is 75.2 Å². The molecule has 0 spiro atoms. The SMILES string of the molecule is Cn1nc(C(=O)NCCCN2c3ccccc3Sc3ccccc32)ccc1=O. The van der Waals surface area contributed by atoms with Crippen LogP contribution in [0.1, 0.15) is 16.9 Å². The molecule has 1 amide bonds. The Morgan fingerprint density at radius 2 is 1.64 bits per heavy atom. The lowest BCUT2D eigenvalue weighted by atomic mass is 10.2. The number of para-hydroxylation sites is 2. The fourth-order valence-corrected chi connectivity index (χ4v) is 4.27. The standard InChI is InChI=1S/C21H20N4O2S/c1-24-20(26)12-11-15(23-24)21(27)22-13-6-14-25-16-7-2-4-9-18(16)28-19-10-5-3-8-17(19)25/h2-5,7-12H,6,13-14H2,1H3,(H,22,27). The number of benzene rings is 2. The third kappa shape index (κ3) is 3.66. The first-order valence-corrected chi connectivity index (χ1v) is 9.91. The number of anilines is 2. The molecule has 1 aliphatic heterocycles. The molecule has 142 valence electrons. The molecule has 0 saturated heterocycles. The van der Waals surface area contributed by atoms with Gasteiger partial charge in [-0.2, -0.15) is 5.10 Å². The molecule has 0 radical (unpaired) electrons. The van der Waals surface area contributed by atoms with Gasteiger partial charge in [0.2, 0.25) is 0 Å². The summed E-state index contributed by atoms with van der Waals surface area (Å²) in [5.41, 5.74) is 2.39. The topological polar surface area (TPSA) is 67.2 Å². The lowest BCUT2D eigenvalue weighted by molar-refractivity contribution is 0.0946. The van der Waals surface area contributed by atoms with Gasteiger partial charge in [0.25, 0.3) is 11.5 Å². The highest BCUT2D eigenvalue weighted by Crippen LogP contribution is 2.47. The molecule has 7 heteroatoms. The molecular weight excluding hydrogens is 372 g/mol. The third-order valence-corrected chi connectivity index (χ3v) is 5.70. The van der Waals surface area contributed by atoms with Crippen LogP contribution in [0.25, 0.3) is 0 Å². The van der Waals surface area contributed by atoms with Gasteiger partial charge in [0.1, 0.15) is 5.69 Å². The predicted molar refractivity (Wildman–Crippen MR) is 110 cm³/mol. The van der Waals surface area contributed by atoms with E-state index in [1.807, 2.05) is 12.1 Å². The summed E-state index contributed by atoms with van der Waals surface area (Å²) >= 11 is 1.78. The van der Waals surface area contributed by atoms with Crippen LogP contribution in [-0.4, -0.2) is 28.8 Å². The Kier molecular flexibility index (Phi) is 5.16. The molecule has 0 aliphatic carbocycles. The minimum Gasteiger partial charge on any atom is -0.351 e. The maximum Gasteiger partial charge on any atom is 0.271 e. The van der Waals surface area contributed by atoms with Crippen molar-refractivity contribution in [3.63, 3.8) is 0 Å². The second-order valence-corrected chi connectivity index (χ2v) is 7.56. The zero-order valence-corrected chi connectivity index (χ0v) is 16.3. The molecule has 0 atom stereocenters. The summed E-state index contributed by atoms with van der Waals surface area (Å²) in [7, 11) is 1.53. The maximum atomic E-state index is 12.3. The molecular formula is C21H20N4O2S. The van der Waals surface area contributed by atoms with Crippen LogP contribution in [0.4, 0.5) is 11.4 Å². The van der Waals surface area contributed by atoms with Gasteiger partial charge in [0.15, 0.2) is 0 Å². The number of aryl methyl sites for hydroxylation is 1. The summed E-state index contributed by atoms with van der Waals surface area (Å²) in [6.45, 7) is 1.31. The quantitative estimate of drug-likeness (QED) is 0.676.